The number of aliphatic hydroxyl groups excluding tert-OH is 1. The maximum Gasteiger partial charge on any atom is 0.419 e. The lowest BCUT2D eigenvalue weighted by Gasteiger charge is -2.28. The van der Waals surface area contributed by atoms with Gasteiger partial charge in [-0.05, 0) is 49.4 Å². The van der Waals surface area contributed by atoms with Gasteiger partial charge in [-0.2, -0.15) is 13.2 Å². The van der Waals surface area contributed by atoms with E-state index < -0.39 is 17.6 Å². The summed E-state index contributed by atoms with van der Waals surface area (Å²) in [5, 5.41) is 7.00. The number of hydrogen-bond donors (Lipinski definition) is 1. The quantitative estimate of drug-likeness (QED) is 0.206. The van der Waals surface area contributed by atoms with E-state index in [0.29, 0.717) is 28.0 Å². The molecule has 0 unspecified atom stereocenters. The summed E-state index contributed by atoms with van der Waals surface area (Å²) in [7, 11) is 1.00. The van der Waals surface area contributed by atoms with Crippen molar-refractivity contribution in [2.24, 2.45) is 0 Å². The van der Waals surface area contributed by atoms with Crippen LogP contribution in [0.1, 0.15) is 55.5 Å². The molecule has 2 aromatic carbocycles. The SMILES string of the molecule is CCCCN(CCCC)c1cc(C=O)cc(SC)c1Oc1ccc(F)c(C(F)(F)F)c1.CO. The second-order valence-electron chi connectivity index (χ2n) is 7.12. The van der Waals surface area contributed by atoms with Crippen molar-refractivity contribution >= 4 is 23.7 Å². The lowest BCUT2D eigenvalue weighted by molar-refractivity contribution is -0.140. The Morgan fingerprint density at radius 1 is 1.06 bits per heavy atom. The van der Waals surface area contributed by atoms with Crippen LogP contribution >= 0.6 is 11.8 Å². The molecule has 0 aliphatic heterocycles. The number of unbranched alkanes of at least 4 members (excludes halogenated alkanes) is 2. The van der Waals surface area contributed by atoms with E-state index in [0.717, 1.165) is 58.2 Å². The summed E-state index contributed by atoms with van der Waals surface area (Å²) in [6.07, 6.45) is 1.47. The number of benzene rings is 2. The predicted molar refractivity (Wildman–Crippen MR) is 125 cm³/mol. The number of rotatable bonds is 11. The number of carbonyl (C=O) groups is 1. The molecule has 0 aliphatic carbocycles. The highest BCUT2D eigenvalue weighted by Crippen LogP contribution is 2.43. The van der Waals surface area contributed by atoms with E-state index in [-0.39, 0.29) is 5.75 Å². The van der Waals surface area contributed by atoms with Crippen LogP contribution in [-0.4, -0.2) is 37.8 Å². The first-order chi connectivity index (χ1) is 15.7. The van der Waals surface area contributed by atoms with Crippen molar-refractivity contribution in [2.45, 2.75) is 50.6 Å². The Bertz CT molecular complexity index is 883. The molecule has 2 rings (SSSR count). The molecule has 0 radical (unpaired) electrons. The van der Waals surface area contributed by atoms with Gasteiger partial charge in [0.2, 0.25) is 0 Å². The Morgan fingerprint density at radius 3 is 2.15 bits per heavy atom. The maximum atomic E-state index is 13.7. The highest BCUT2D eigenvalue weighted by Gasteiger charge is 2.34. The number of aliphatic hydroxyl groups is 1. The third-order valence-corrected chi connectivity index (χ3v) is 5.52. The molecular weight excluding hydrogens is 458 g/mol. The van der Waals surface area contributed by atoms with E-state index >= 15 is 0 Å². The van der Waals surface area contributed by atoms with Crippen molar-refractivity contribution in [1.29, 1.82) is 0 Å². The van der Waals surface area contributed by atoms with Crippen molar-refractivity contribution in [1.82, 2.24) is 0 Å². The number of carbonyl (C=O) groups excluding carboxylic acids is 1. The first-order valence-electron chi connectivity index (χ1n) is 10.7. The predicted octanol–water partition coefficient (Wildman–Crippen LogP) is 7.19. The van der Waals surface area contributed by atoms with Crippen LogP contribution in [0.15, 0.2) is 35.2 Å². The number of ether oxygens (including phenoxy) is 1. The number of thioether (sulfide) groups is 1. The molecule has 9 heteroatoms. The highest BCUT2D eigenvalue weighted by molar-refractivity contribution is 7.98. The molecular formula is C24H31F4NO3S. The van der Waals surface area contributed by atoms with E-state index in [9.17, 15) is 22.4 Å². The fourth-order valence-corrected chi connectivity index (χ4v) is 3.70. The Morgan fingerprint density at radius 2 is 1.67 bits per heavy atom. The van der Waals surface area contributed by atoms with Gasteiger partial charge in [-0.3, -0.25) is 4.79 Å². The standard InChI is InChI=1S/C23H27F4NO2S.CH4O/c1-4-6-10-28(11-7-5-2)20-12-16(15-29)13-21(31-3)22(20)30-17-8-9-19(24)18(14-17)23(25,26)27;1-2/h8-9,12-15H,4-7,10-11H2,1-3H3;2H,1H3. The number of anilines is 1. The summed E-state index contributed by atoms with van der Waals surface area (Å²) in [6.45, 7) is 5.59. The molecule has 0 amide bonds. The maximum absolute atomic E-state index is 13.7. The molecule has 2 aromatic rings. The summed E-state index contributed by atoms with van der Waals surface area (Å²) in [6, 6.07) is 5.93. The van der Waals surface area contributed by atoms with Crippen LogP contribution in [0, 0.1) is 5.82 Å². The first-order valence-corrected chi connectivity index (χ1v) is 11.9. The van der Waals surface area contributed by atoms with E-state index in [1.807, 2.05) is 0 Å². The average molecular weight is 490 g/mol. The zero-order chi connectivity index (χ0) is 25.0. The Balaban J connectivity index is 0.00000265. The molecule has 184 valence electrons. The topological polar surface area (TPSA) is 49.8 Å². The van der Waals surface area contributed by atoms with Crippen LogP contribution < -0.4 is 9.64 Å². The van der Waals surface area contributed by atoms with Crippen LogP contribution in [0.4, 0.5) is 23.2 Å². The van der Waals surface area contributed by atoms with Gasteiger partial charge < -0.3 is 14.7 Å². The zero-order valence-electron chi connectivity index (χ0n) is 19.3. The molecule has 4 nitrogen and oxygen atoms in total. The van der Waals surface area contributed by atoms with Crippen molar-refractivity contribution < 1.29 is 32.2 Å². The summed E-state index contributed by atoms with van der Waals surface area (Å²) in [5.74, 6) is -1.10. The smallest absolute Gasteiger partial charge is 0.419 e. The van der Waals surface area contributed by atoms with E-state index in [1.165, 1.54) is 17.8 Å². The van der Waals surface area contributed by atoms with Crippen LogP contribution in [0.2, 0.25) is 0 Å². The second kappa shape index (κ2) is 14.1. The highest BCUT2D eigenvalue weighted by atomic mass is 32.2. The van der Waals surface area contributed by atoms with E-state index in [4.69, 9.17) is 9.84 Å². The molecule has 33 heavy (non-hydrogen) atoms. The van der Waals surface area contributed by atoms with Gasteiger partial charge in [0.1, 0.15) is 17.9 Å². The molecule has 0 saturated carbocycles. The molecule has 0 fully saturated rings. The minimum atomic E-state index is -4.83. The summed E-state index contributed by atoms with van der Waals surface area (Å²) < 4.78 is 59.1. The molecule has 0 spiro atoms. The van der Waals surface area contributed by atoms with Gasteiger partial charge in [-0.25, -0.2) is 4.39 Å². The molecule has 0 bridgehead atoms. The number of aldehydes is 1. The first kappa shape index (κ1) is 28.8. The van der Waals surface area contributed by atoms with Crippen molar-refractivity contribution in [2.75, 3.05) is 31.4 Å². The fourth-order valence-electron chi connectivity index (χ4n) is 3.12. The number of halogens is 4. The minimum Gasteiger partial charge on any atom is -0.454 e. The lowest BCUT2D eigenvalue weighted by Crippen LogP contribution is -2.26. The summed E-state index contributed by atoms with van der Waals surface area (Å²) >= 11 is 1.33. The van der Waals surface area contributed by atoms with Crippen LogP contribution in [-0.2, 0) is 6.18 Å². The van der Waals surface area contributed by atoms with E-state index in [2.05, 4.69) is 18.7 Å². The van der Waals surface area contributed by atoms with Crippen LogP contribution in [0.5, 0.6) is 11.5 Å². The largest absolute Gasteiger partial charge is 0.454 e. The van der Waals surface area contributed by atoms with Gasteiger partial charge in [0.25, 0.3) is 0 Å². The molecule has 0 heterocycles. The van der Waals surface area contributed by atoms with Gasteiger partial charge in [0.05, 0.1) is 16.1 Å². The zero-order valence-corrected chi connectivity index (χ0v) is 20.2. The van der Waals surface area contributed by atoms with Gasteiger partial charge in [0.15, 0.2) is 5.75 Å². The molecule has 0 aromatic heterocycles. The lowest BCUT2D eigenvalue weighted by atomic mass is 10.1. The minimum absolute atomic E-state index is 0.116. The van der Waals surface area contributed by atoms with Crippen molar-refractivity contribution in [3.05, 3.63) is 47.3 Å². The van der Waals surface area contributed by atoms with Crippen molar-refractivity contribution in [3.63, 3.8) is 0 Å². The average Bonchev–Trinajstić information content (AvgIpc) is 2.81. The van der Waals surface area contributed by atoms with Crippen molar-refractivity contribution in [3.8, 4) is 11.5 Å². The third kappa shape index (κ3) is 8.23. The summed E-state index contributed by atoms with van der Waals surface area (Å²) in [5.41, 5.74) is -0.274. The molecule has 0 saturated heterocycles. The monoisotopic (exact) mass is 489 g/mol. The van der Waals surface area contributed by atoms with Gasteiger partial charge in [-0.15, -0.1) is 11.8 Å². The number of nitrogens with zero attached hydrogens (tertiary/aromatic N) is 1. The number of hydrogen-bond acceptors (Lipinski definition) is 5. The normalized spacial score (nSPS) is 10.9. The van der Waals surface area contributed by atoms with Gasteiger partial charge in [0, 0.05) is 25.8 Å². The Hall–Kier alpha value is -2.26. The van der Waals surface area contributed by atoms with Gasteiger partial charge in [-0.1, -0.05) is 26.7 Å². The summed E-state index contributed by atoms with van der Waals surface area (Å²) in [4.78, 5) is 14.2. The third-order valence-electron chi connectivity index (χ3n) is 4.78. The number of alkyl halides is 3. The molecule has 0 atom stereocenters. The molecule has 0 aliphatic rings. The fraction of sp³-hybridized carbons (Fsp3) is 0.458. The van der Waals surface area contributed by atoms with Crippen LogP contribution in [0.3, 0.4) is 0 Å². The van der Waals surface area contributed by atoms with E-state index in [1.54, 1.807) is 18.4 Å². The molecule has 1 N–H and O–H groups in total. The van der Waals surface area contributed by atoms with Crippen LogP contribution in [0.25, 0.3) is 0 Å². The Kier molecular flexibility index (Phi) is 12.3. The second-order valence-corrected chi connectivity index (χ2v) is 7.97. The Labute approximate surface area is 196 Å². The van der Waals surface area contributed by atoms with Gasteiger partial charge >= 0.3 is 6.18 Å².